The maximum atomic E-state index is 11.6. The molecule has 0 aromatic rings. The molecule has 27 heavy (non-hydrogen) atoms. The van der Waals surface area contributed by atoms with Crippen molar-refractivity contribution in [3.63, 3.8) is 0 Å². The maximum Gasteiger partial charge on any atom is 0.127 e. The second-order valence-corrected chi connectivity index (χ2v) is 7.33. The van der Waals surface area contributed by atoms with E-state index in [1.165, 1.54) is 6.92 Å². The number of carbonyl (C=O) groups excluding carboxylic acids is 1. The number of carboxylic acids is 1. The fourth-order valence-electron chi connectivity index (χ4n) is 3.25. The SMILES string of the molecule is CCC/C=C/CC(O)C[N+](CCO)(CC(O)C/C=C/CCC)C(C)C(=O)[O-]. The van der Waals surface area contributed by atoms with Crippen molar-refractivity contribution in [2.45, 2.75) is 77.5 Å². The first-order chi connectivity index (χ1) is 12.8. The third kappa shape index (κ3) is 10.6. The highest BCUT2D eigenvalue weighted by Crippen LogP contribution is 2.19. The third-order valence-corrected chi connectivity index (χ3v) is 4.92. The number of unbranched alkanes of at least 4 members (excludes halogenated alkanes) is 2. The van der Waals surface area contributed by atoms with Crippen molar-refractivity contribution in [2.24, 2.45) is 0 Å². The van der Waals surface area contributed by atoms with Gasteiger partial charge < -0.3 is 29.7 Å². The molecule has 0 saturated heterocycles. The smallest absolute Gasteiger partial charge is 0.127 e. The van der Waals surface area contributed by atoms with Gasteiger partial charge in [-0.3, -0.25) is 0 Å². The van der Waals surface area contributed by atoms with Gasteiger partial charge in [-0.15, -0.1) is 0 Å². The van der Waals surface area contributed by atoms with Crippen LogP contribution in [-0.4, -0.2) is 70.3 Å². The van der Waals surface area contributed by atoms with Crippen molar-refractivity contribution in [1.29, 1.82) is 0 Å². The molecule has 3 unspecified atom stereocenters. The van der Waals surface area contributed by atoms with Crippen LogP contribution in [0.4, 0.5) is 0 Å². The molecule has 0 spiro atoms. The number of carboxylic acid groups (broad SMARTS) is 1. The van der Waals surface area contributed by atoms with Gasteiger partial charge in [-0.1, -0.05) is 51.0 Å². The second-order valence-electron chi connectivity index (χ2n) is 7.33. The monoisotopic (exact) mass is 385 g/mol. The van der Waals surface area contributed by atoms with E-state index in [2.05, 4.69) is 13.8 Å². The molecule has 0 amide bonds. The van der Waals surface area contributed by atoms with E-state index in [1.807, 2.05) is 24.3 Å². The van der Waals surface area contributed by atoms with E-state index in [9.17, 15) is 25.2 Å². The van der Waals surface area contributed by atoms with Crippen molar-refractivity contribution in [3.05, 3.63) is 24.3 Å². The zero-order valence-corrected chi connectivity index (χ0v) is 17.2. The molecule has 0 aliphatic rings. The van der Waals surface area contributed by atoms with Gasteiger partial charge in [0.25, 0.3) is 0 Å². The average molecular weight is 386 g/mol. The molecule has 3 atom stereocenters. The molecule has 0 aliphatic carbocycles. The first-order valence-electron chi connectivity index (χ1n) is 10.2. The largest absolute Gasteiger partial charge is 0.544 e. The molecule has 0 saturated carbocycles. The number of rotatable bonds is 16. The molecule has 158 valence electrons. The molecule has 0 radical (unpaired) electrons. The fourth-order valence-corrected chi connectivity index (χ4v) is 3.25. The lowest BCUT2D eigenvalue weighted by Crippen LogP contribution is -2.66. The van der Waals surface area contributed by atoms with Gasteiger partial charge >= 0.3 is 0 Å². The first kappa shape index (κ1) is 25.8. The van der Waals surface area contributed by atoms with Crippen LogP contribution in [-0.2, 0) is 4.79 Å². The minimum Gasteiger partial charge on any atom is -0.544 e. The Labute approximate surface area is 164 Å². The Morgan fingerprint density at radius 2 is 1.41 bits per heavy atom. The Bertz CT molecular complexity index is 424. The van der Waals surface area contributed by atoms with Gasteiger partial charge in [-0.05, 0) is 32.6 Å². The summed E-state index contributed by atoms with van der Waals surface area (Å²) in [6.45, 7) is 5.85. The van der Waals surface area contributed by atoms with Crippen LogP contribution >= 0.6 is 0 Å². The number of hydrogen-bond acceptors (Lipinski definition) is 5. The highest BCUT2D eigenvalue weighted by Gasteiger charge is 2.38. The van der Waals surface area contributed by atoms with Gasteiger partial charge in [0.1, 0.15) is 37.9 Å². The molecule has 0 aliphatic heterocycles. The third-order valence-electron chi connectivity index (χ3n) is 4.92. The lowest BCUT2D eigenvalue weighted by Gasteiger charge is -2.45. The van der Waals surface area contributed by atoms with Crippen LogP contribution in [0.3, 0.4) is 0 Å². The summed E-state index contributed by atoms with van der Waals surface area (Å²) in [4.78, 5) is 11.6. The Kier molecular flexibility index (Phi) is 14.1. The predicted molar refractivity (Wildman–Crippen MR) is 106 cm³/mol. The molecule has 3 N–H and O–H groups in total. The molecule has 0 aromatic carbocycles. The topological polar surface area (TPSA) is 101 Å². The van der Waals surface area contributed by atoms with E-state index in [0.717, 1.165) is 25.7 Å². The van der Waals surface area contributed by atoms with E-state index in [4.69, 9.17) is 0 Å². The summed E-state index contributed by atoms with van der Waals surface area (Å²) in [5.41, 5.74) is 0. The summed E-state index contributed by atoms with van der Waals surface area (Å²) in [5, 5.41) is 42.0. The van der Waals surface area contributed by atoms with Gasteiger partial charge in [0.2, 0.25) is 0 Å². The van der Waals surface area contributed by atoms with Crippen molar-refractivity contribution in [2.75, 3.05) is 26.2 Å². The van der Waals surface area contributed by atoms with Crippen molar-refractivity contribution in [3.8, 4) is 0 Å². The summed E-state index contributed by atoms with van der Waals surface area (Å²) < 4.78 is -0.107. The molecule has 0 bridgehead atoms. The Hall–Kier alpha value is -1.21. The van der Waals surface area contributed by atoms with Gasteiger partial charge in [0.15, 0.2) is 0 Å². The van der Waals surface area contributed by atoms with E-state index in [1.54, 1.807) is 0 Å². The zero-order valence-electron chi connectivity index (χ0n) is 17.2. The first-order valence-corrected chi connectivity index (χ1v) is 10.2. The maximum absolute atomic E-state index is 11.6. The predicted octanol–water partition coefficient (Wildman–Crippen LogP) is 1.15. The number of quaternary nitrogens is 1. The summed E-state index contributed by atoms with van der Waals surface area (Å²) in [5.74, 6) is -1.24. The van der Waals surface area contributed by atoms with Gasteiger partial charge in [-0.25, -0.2) is 0 Å². The lowest BCUT2D eigenvalue weighted by molar-refractivity contribution is -0.948. The standard InChI is InChI=1S/C21H39NO5/c1-4-6-8-10-12-19(24)16-22(14-15-23,18(3)21(26)27)17-20(25)13-11-9-7-5-2/h8-11,18-20,23-25H,4-7,12-17H2,1-3H3/b10-8+,11-9+. The molecule has 0 fully saturated rings. The van der Waals surface area contributed by atoms with Crippen LogP contribution in [0.5, 0.6) is 0 Å². The van der Waals surface area contributed by atoms with Crippen LogP contribution in [0.2, 0.25) is 0 Å². The van der Waals surface area contributed by atoms with Gasteiger partial charge in [0, 0.05) is 0 Å². The summed E-state index contributed by atoms with van der Waals surface area (Å²) in [6, 6.07) is -0.944. The number of allylic oxidation sites excluding steroid dienone is 2. The zero-order chi connectivity index (χ0) is 20.7. The average Bonchev–Trinajstić information content (AvgIpc) is 2.61. The van der Waals surface area contributed by atoms with E-state index >= 15 is 0 Å². The van der Waals surface area contributed by atoms with E-state index < -0.39 is 24.2 Å². The minimum atomic E-state index is -1.24. The van der Waals surface area contributed by atoms with Crippen LogP contribution in [0.1, 0.15) is 59.3 Å². The van der Waals surface area contributed by atoms with Crippen molar-refractivity contribution >= 4 is 5.97 Å². The molecule has 6 heteroatoms. The quantitative estimate of drug-likeness (QED) is 0.273. The van der Waals surface area contributed by atoms with E-state index in [-0.39, 0.29) is 30.7 Å². The number of hydrogen-bond donors (Lipinski definition) is 3. The Balaban J connectivity index is 5.24. The van der Waals surface area contributed by atoms with E-state index in [0.29, 0.717) is 12.8 Å². The molecule has 6 nitrogen and oxygen atoms in total. The van der Waals surface area contributed by atoms with Crippen molar-refractivity contribution < 1.29 is 29.7 Å². The van der Waals surface area contributed by atoms with Crippen LogP contribution in [0, 0.1) is 0 Å². The Morgan fingerprint density at radius 1 is 0.963 bits per heavy atom. The van der Waals surface area contributed by atoms with Crippen LogP contribution < -0.4 is 5.11 Å². The Morgan fingerprint density at radius 3 is 1.74 bits per heavy atom. The van der Waals surface area contributed by atoms with Crippen LogP contribution in [0.25, 0.3) is 0 Å². The number of aliphatic carboxylic acids is 1. The molecule has 0 aromatic heterocycles. The summed E-state index contributed by atoms with van der Waals surface area (Å²) in [6.07, 6.45) is 11.0. The van der Waals surface area contributed by atoms with Crippen LogP contribution in [0.15, 0.2) is 24.3 Å². The lowest BCUT2D eigenvalue weighted by atomic mass is 10.1. The number of aliphatic hydroxyl groups is 3. The normalized spacial score (nSPS) is 17.9. The fraction of sp³-hybridized carbons (Fsp3) is 0.762. The summed E-state index contributed by atoms with van der Waals surface area (Å²) >= 11 is 0. The molecular formula is C21H39NO5. The molecule has 0 rings (SSSR count). The number of nitrogens with zero attached hydrogens (tertiary/aromatic N) is 1. The number of aliphatic hydroxyl groups excluding tert-OH is 3. The highest BCUT2D eigenvalue weighted by atomic mass is 16.4. The molecular weight excluding hydrogens is 346 g/mol. The van der Waals surface area contributed by atoms with Crippen molar-refractivity contribution in [1.82, 2.24) is 0 Å². The van der Waals surface area contributed by atoms with Gasteiger partial charge in [0.05, 0.1) is 12.6 Å². The number of carbonyl (C=O) groups is 1. The second kappa shape index (κ2) is 14.8. The van der Waals surface area contributed by atoms with Gasteiger partial charge in [-0.2, -0.15) is 0 Å². The summed E-state index contributed by atoms with van der Waals surface area (Å²) in [7, 11) is 0. The highest BCUT2D eigenvalue weighted by molar-refractivity contribution is 5.69. The minimum absolute atomic E-state index is 0.107. The molecule has 0 heterocycles.